The maximum atomic E-state index is 13.0. The number of benzene rings is 1. The quantitative estimate of drug-likeness (QED) is 0.799. The van der Waals surface area contributed by atoms with Crippen LogP contribution in [-0.2, 0) is 10.0 Å². The number of hydrogen-bond donors (Lipinski definition) is 1. The lowest BCUT2D eigenvalue weighted by Gasteiger charge is -2.25. The van der Waals surface area contributed by atoms with E-state index in [1.165, 1.54) is 14.2 Å². The average Bonchev–Trinajstić information content (AvgIpc) is 2.96. The van der Waals surface area contributed by atoms with Crippen molar-refractivity contribution < 1.29 is 17.9 Å². The highest BCUT2D eigenvalue weighted by Crippen LogP contribution is 2.38. The van der Waals surface area contributed by atoms with Crippen LogP contribution >= 0.6 is 15.9 Å². The first-order chi connectivity index (χ1) is 10.5. The average molecular weight is 393 g/mol. The molecule has 6 nitrogen and oxygen atoms in total. The van der Waals surface area contributed by atoms with Crippen LogP contribution in [0.25, 0.3) is 0 Å². The maximum Gasteiger partial charge on any atom is 0.247 e. The summed E-state index contributed by atoms with van der Waals surface area (Å²) < 4.78 is 38.6. The molecule has 2 rings (SSSR count). The molecule has 1 aromatic carbocycles. The molecule has 0 aliphatic carbocycles. The van der Waals surface area contributed by atoms with Gasteiger partial charge in [0.1, 0.15) is 16.4 Å². The maximum absolute atomic E-state index is 13.0. The normalized spacial score (nSPS) is 19.4. The van der Waals surface area contributed by atoms with Crippen molar-refractivity contribution in [2.75, 3.05) is 34.4 Å². The molecule has 1 unspecified atom stereocenters. The molecule has 0 amide bonds. The zero-order valence-electron chi connectivity index (χ0n) is 12.9. The topological polar surface area (TPSA) is 67.9 Å². The van der Waals surface area contributed by atoms with Crippen LogP contribution in [0, 0.1) is 0 Å². The molecular formula is C14H21BrN2O4S. The fourth-order valence-electron chi connectivity index (χ4n) is 2.73. The Hall–Kier alpha value is -0.830. The van der Waals surface area contributed by atoms with Gasteiger partial charge in [0.15, 0.2) is 0 Å². The van der Waals surface area contributed by atoms with Gasteiger partial charge in [-0.2, -0.15) is 4.31 Å². The van der Waals surface area contributed by atoms with Crippen LogP contribution in [0.3, 0.4) is 0 Å². The molecule has 0 aromatic heterocycles. The number of halogens is 1. The van der Waals surface area contributed by atoms with Crippen molar-refractivity contribution in [3.63, 3.8) is 0 Å². The van der Waals surface area contributed by atoms with Crippen LogP contribution in [0.4, 0.5) is 0 Å². The Bertz CT molecular complexity index is 636. The molecule has 124 valence electrons. The molecule has 1 aliphatic heterocycles. The Labute approximate surface area is 140 Å². The Morgan fingerprint density at radius 1 is 1.32 bits per heavy atom. The van der Waals surface area contributed by atoms with Gasteiger partial charge in [-0.1, -0.05) is 0 Å². The summed E-state index contributed by atoms with van der Waals surface area (Å²) in [5.41, 5.74) is 0. The first-order valence-corrected chi connectivity index (χ1v) is 9.27. The number of hydrogen-bond acceptors (Lipinski definition) is 5. The number of methoxy groups -OCH3 is 2. The molecule has 22 heavy (non-hydrogen) atoms. The van der Waals surface area contributed by atoms with Crippen LogP contribution in [-0.4, -0.2) is 53.1 Å². The summed E-state index contributed by atoms with van der Waals surface area (Å²) in [7, 11) is 1.19. The van der Waals surface area contributed by atoms with Gasteiger partial charge in [0, 0.05) is 25.2 Å². The minimum absolute atomic E-state index is 0.0272. The van der Waals surface area contributed by atoms with Gasteiger partial charge in [-0.15, -0.1) is 0 Å². The van der Waals surface area contributed by atoms with Gasteiger partial charge in [-0.3, -0.25) is 0 Å². The van der Waals surface area contributed by atoms with Crippen molar-refractivity contribution in [1.29, 1.82) is 0 Å². The highest BCUT2D eigenvalue weighted by atomic mass is 79.9. The summed E-state index contributed by atoms with van der Waals surface area (Å²) in [6, 6.07) is 3.10. The summed E-state index contributed by atoms with van der Waals surface area (Å²) in [6.45, 7) is 1.17. The van der Waals surface area contributed by atoms with E-state index in [2.05, 4.69) is 21.2 Å². The largest absolute Gasteiger partial charge is 0.495 e. The van der Waals surface area contributed by atoms with E-state index in [4.69, 9.17) is 9.47 Å². The smallest absolute Gasteiger partial charge is 0.247 e. The Morgan fingerprint density at radius 2 is 2.00 bits per heavy atom. The molecule has 0 radical (unpaired) electrons. The van der Waals surface area contributed by atoms with Gasteiger partial charge < -0.3 is 14.8 Å². The fraction of sp³-hybridized carbons (Fsp3) is 0.571. The molecule has 1 aliphatic rings. The summed E-state index contributed by atoms with van der Waals surface area (Å²) in [5, 5.41) is 3.05. The van der Waals surface area contributed by atoms with E-state index in [1.807, 2.05) is 7.05 Å². The Kier molecular flexibility index (Phi) is 5.70. The first kappa shape index (κ1) is 17.5. The van der Waals surface area contributed by atoms with E-state index in [1.54, 1.807) is 16.4 Å². The van der Waals surface area contributed by atoms with E-state index >= 15 is 0 Å². The summed E-state index contributed by atoms with van der Waals surface area (Å²) in [6.07, 6.45) is 1.73. The number of rotatable bonds is 6. The van der Waals surface area contributed by atoms with E-state index < -0.39 is 10.0 Å². The van der Waals surface area contributed by atoms with Crippen LogP contribution in [0.2, 0.25) is 0 Å². The first-order valence-electron chi connectivity index (χ1n) is 7.03. The molecule has 1 saturated heterocycles. The van der Waals surface area contributed by atoms with Crippen molar-refractivity contribution >= 4 is 26.0 Å². The van der Waals surface area contributed by atoms with Gasteiger partial charge in [-0.05, 0) is 41.9 Å². The van der Waals surface area contributed by atoms with Crippen LogP contribution in [0.15, 0.2) is 21.5 Å². The van der Waals surface area contributed by atoms with Crippen molar-refractivity contribution in [3.05, 3.63) is 16.6 Å². The standard InChI is InChI=1S/C14H21BrN2O4S/c1-16-9-10-5-4-6-17(10)22(18,19)14-7-11(15)12(20-2)8-13(14)21-3/h7-8,10,16H,4-6,9H2,1-3H3. The van der Waals surface area contributed by atoms with Gasteiger partial charge in [0.2, 0.25) is 10.0 Å². The van der Waals surface area contributed by atoms with E-state index in [0.717, 1.165) is 12.8 Å². The Balaban J connectivity index is 2.47. The lowest BCUT2D eigenvalue weighted by Crippen LogP contribution is -2.40. The predicted octanol–water partition coefficient (Wildman–Crippen LogP) is 1.84. The number of likely N-dealkylation sites (N-methyl/N-ethyl adjacent to an activating group) is 1. The third-order valence-corrected chi connectivity index (χ3v) is 6.38. The second-order valence-electron chi connectivity index (χ2n) is 5.11. The van der Waals surface area contributed by atoms with E-state index in [-0.39, 0.29) is 16.7 Å². The molecule has 0 saturated carbocycles. The number of ether oxygens (including phenoxy) is 2. The van der Waals surface area contributed by atoms with Crippen molar-refractivity contribution in [2.45, 2.75) is 23.8 Å². The van der Waals surface area contributed by atoms with E-state index in [9.17, 15) is 8.42 Å². The van der Waals surface area contributed by atoms with Gasteiger partial charge >= 0.3 is 0 Å². The third kappa shape index (κ3) is 3.24. The monoisotopic (exact) mass is 392 g/mol. The summed E-state index contributed by atoms with van der Waals surface area (Å²) in [5.74, 6) is 0.819. The molecule has 1 heterocycles. The third-order valence-electron chi connectivity index (χ3n) is 3.79. The second-order valence-corrected chi connectivity index (χ2v) is 7.82. The minimum Gasteiger partial charge on any atom is -0.495 e. The van der Waals surface area contributed by atoms with Crippen molar-refractivity contribution in [3.8, 4) is 11.5 Å². The van der Waals surface area contributed by atoms with Crippen molar-refractivity contribution in [2.24, 2.45) is 0 Å². The summed E-state index contributed by atoms with van der Waals surface area (Å²) >= 11 is 3.34. The van der Waals surface area contributed by atoms with Gasteiger partial charge in [-0.25, -0.2) is 8.42 Å². The predicted molar refractivity (Wildman–Crippen MR) is 88.1 cm³/mol. The molecular weight excluding hydrogens is 372 g/mol. The minimum atomic E-state index is -3.62. The molecule has 1 atom stereocenters. The molecule has 0 bridgehead atoms. The lowest BCUT2D eigenvalue weighted by atomic mass is 10.2. The molecule has 1 N–H and O–H groups in total. The summed E-state index contributed by atoms with van der Waals surface area (Å²) in [4.78, 5) is 0.158. The molecule has 1 aromatic rings. The molecule has 1 fully saturated rings. The van der Waals surface area contributed by atoms with Crippen molar-refractivity contribution in [1.82, 2.24) is 9.62 Å². The van der Waals surface area contributed by atoms with Gasteiger partial charge in [0.05, 0.1) is 18.7 Å². The zero-order chi connectivity index (χ0) is 16.3. The Morgan fingerprint density at radius 3 is 2.59 bits per heavy atom. The molecule has 8 heteroatoms. The number of sulfonamides is 1. The fourth-order valence-corrected chi connectivity index (χ4v) is 5.24. The SMILES string of the molecule is CNCC1CCCN1S(=O)(=O)c1cc(Br)c(OC)cc1OC. The van der Waals surface area contributed by atoms with Crippen LogP contribution in [0.5, 0.6) is 11.5 Å². The van der Waals surface area contributed by atoms with Crippen LogP contribution in [0.1, 0.15) is 12.8 Å². The molecule has 0 spiro atoms. The zero-order valence-corrected chi connectivity index (χ0v) is 15.3. The lowest BCUT2D eigenvalue weighted by molar-refractivity contribution is 0.366. The van der Waals surface area contributed by atoms with Gasteiger partial charge in [0.25, 0.3) is 0 Å². The highest BCUT2D eigenvalue weighted by molar-refractivity contribution is 9.10. The van der Waals surface area contributed by atoms with E-state index in [0.29, 0.717) is 23.3 Å². The second kappa shape index (κ2) is 7.16. The highest BCUT2D eigenvalue weighted by Gasteiger charge is 2.36. The van der Waals surface area contributed by atoms with Crippen LogP contribution < -0.4 is 14.8 Å². The number of nitrogens with zero attached hydrogens (tertiary/aromatic N) is 1. The number of nitrogens with one attached hydrogen (secondary N) is 1.